The van der Waals surface area contributed by atoms with E-state index in [1.807, 2.05) is 12.1 Å². The van der Waals surface area contributed by atoms with E-state index in [1.54, 1.807) is 0 Å². The molecule has 7 nitrogen and oxygen atoms in total. The highest BCUT2D eigenvalue weighted by molar-refractivity contribution is 5.77. The molecule has 1 fully saturated rings. The predicted octanol–water partition coefficient (Wildman–Crippen LogP) is 3.28. The van der Waals surface area contributed by atoms with Crippen LogP contribution in [0.4, 0.5) is 5.69 Å². The number of non-ortho nitro benzene ring substituents is 1. The molecular formula is C21H25N3O4. The van der Waals surface area contributed by atoms with E-state index in [9.17, 15) is 14.9 Å². The summed E-state index contributed by atoms with van der Waals surface area (Å²) < 4.78 is 5.35. The molecule has 0 aromatic heterocycles. The standard InChI is InChI=1S/C21H25N3O4/c25-21(16-28-20-10-8-19(9-11-20)24(26)27)22-14-17-4-6-18(7-5-17)15-23-12-2-1-3-13-23/h4-11H,1-3,12-16H2,(H,22,25). The van der Waals surface area contributed by atoms with Gasteiger partial charge in [0, 0.05) is 25.2 Å². The van der Waals surface area contributed by atoms with Gasteiger partial charge in [-0.25, -0.2) is 0 Å². The number of rotatable bonds is 8. The van der Waals surface area contributed by atoms with Gasteiger partial charge in [0.25, 0.3) is 11.6 Å². The zero-order valence-electron chi connectivity index (χ0n) is 15.8. The van der Waals surface area contributed by atoms with Gasteiger partial charge in [0.15, 0.2) is 6.61 Å². The molecule has 0 aliphatic carbocycles. The van der Waals surface area contributed by atoms with E-state index < -0.39 is 4.92 Å². The van der Waals surface area contributed by atoms with Crippen LogP contribution in [0.2, 0.25) is 0 Å². The quantitative estimate of drug-likeness (QED) is 0.559. The number of carbonyl (C=O) groups excluding carboxylic acids is 1. The molecule has 1 saturated heterocycles. The number of hydrogen-bond acceptors (Lipinski definition) is 5. The van der Waals surface area contributed by atoms with Gasteiger partial charge in [0.1, 0.15) is 5.75 Å². The summed E-state index contributed by atoms with van der Waals surface area (Å²) in [6, 6.07) is 14.0. The summed E-state index contributed by atoms with van der Waals surface area (Å²) >= 11 is 0. The third-order valence-corrected chi connectivity index (χ3v) is 4.78. The first-order valence-corrected chi connectivity index (χ1v) is 9.54. The van der Waals surface area contributed by atoms with Gasteiger partial charge in [-0.15, -0.1) is 0 Å². The van der Waals surface area contributed by atoms with Gasteiger partial charge in [-0.2, -0.15) is 0 Å². The Morgan fingerprint density at radius 3 is 2.29 bits per heavy atom. The van der Waals surface area contributed by atoms with Gasteiger partial charge in [0.2, 0.25) is 0 Å². The van der Waals surface area contributed by atoms with Crippen LogP contribution in [0.3, 0.4) is 0 Å². The number of nitro groups is 1. The lowest BCUT2D eigenvalue weighted by molar-refractivity contribution is -0.384. The summed E-state index contributed by atoms with van der Waals surface area (Å²) in [5.74, 6) is 0.179. The number of nitro benzene ring substituents is 1. The second-order valence-corrected chi connectivity index (χ2v) is 6.97. The number of carbonyl (C=O) groups is 1. The number of benzene rings is 2. The molecular weight excluding hydrogens is 358 g/mol. The Balaban J connectivity index is 1.39. The Labute approximate surface area is 164 Å². The molecule has 148 valence electrons. The number of hydrogen-bond donors (Lipinski definition) is 1. The van der Waals surface area contributed by atoms with Crippen LogP contribution in [-0.2, 0) is 17.9 Å². The molecule has 2 aromatic rings. The van der Waals surface area contributed by atoms with Crippen molar-refractivity contribution in [3.63, 3.8) is 0 Å². The lowest BCUT2D eigenvalue weighted by Crippen LogP contribution is -2.29. The van der Waals surface area contributed by atoms with Gasteiger partial charge in [-0.1, -0.05) is 30.7 Å². The van der Waals surface area contributed by atoms with Crippen molar-refractivity contribution < 1.29 is 14.5 Å². The zero-order chi connectivity index (χ0) is 19.8. The van der Waals surface area contributed by atoms with Crippen LogP contribution in [0.15, 0.2) is 48.5 Å². The second-order valence-electron chi connectivity index (χ2n) is 6.97. The third kappa shape index (κ3) is 6.06. The minimum atomic E-state index is -0.478. The van der Waals surface area contributed by atoms with Crippen LogP contribution >= 0.6 is 0 Å². The molecule has 0 radical (unpaired) electrons. The van der Waals surface area contributed by atoms with Gasteiger partial charge in [-0.05, 0) is 49.2 Å². The Morgan fingerprint density at radius 1 is 1.00 bits per heavy atom. The Bertz CT molecular complexity index is 784. The van der Waals surface area contributed by atoms with Crippen molar-refractivity contribution in [2.45, 2.75) is 32.4 Å². The molecule has 3 rings (SSSR count). The molecule has 7 heteroatoms. The highest BCUT2D eigenvalue weighted by atomic mass is 16.6. The molecule has 0 bridgehead atoms. The van der Waals surface area contributed by atoms with Crippen LogP contribution in [0.1, 0.15) is 30.4 Å². The fraction of sp³-hybridized carbons (Fsp3) is 0.381. The van der Waals surface area contributed by atoms with E-state index in [0.29, 0.717) is 12.3 Å². The number of likely N-dealkylation sites (tertiary alicyclic amines) is 1. The maximum Gasteiger partial charge on any atom is 0.269 e. The SMILES string of the molecule is O=C(COc1ccc([N+](=O)[O-])cc1)NCc1ccc(CN2CCCCC2)cc1. The Kier molecular flexibility index (Phi) is 6.97. The van der Waals surface area contributed by atoms with Gasteiger partial charge in [-0.3, -0.25) is 19.8 Å². The normalized spacial score (nSPS) is 14.4. The van der Waals surface area contributed by atoms with Crippen molar-refractivity contribution in [1.29, 1.82) is 0 Å². The summed E-state index contributed by atoms with van der Waals surface area (Å²) in [4.78, 5) is 24.6. The maximum absolute atomic E-state index is 11.9. The fourth-order valence-electron chi connectivity index (χ4n) is 3.20. The largest absolute Gasteiger partial charge is 0.484 e. The minimum Gasteiger partial charge on any atom is -0.484 e. The molecule has 28 heavy (non-hydrogen) atoms. The number of nitrogens with zero attached hydrogens (tertiary/aromatic N) is 2. The lowest BCUT2D eigenvalue weighted by atomic mass is 10.1. The van der Waals surface area contributed by atoms with Crippen molar-refractivity contribution in [1.82, 2.24) is 10.2 Å². The van der Waals surface area contributed by atoms with Crippen molar-refractivity contribution >= 4 is 11.6 Å². The molecule has 2 aromatic carbocycles. The molecule has 1 aliphatic rings. The molecule has 0 atom stereocenters. The smallest absolute Gasteiger partial charge is 0.269 e. The van der Waals surface area contributed by atoms with Crippen molar-refractivity contribution in [3.8, 4) is 5.75 Å². The third-order valence-electron chi connectivity index (χ3n) is 4.78. The average Bonchev–Trinajstić information content (AvgIpc) is 2.73. The monoisotopic (exact) mass is 383 g/mol. The fourth-order valence-corrected chi connectivity index (χ4v) is 3.20. The first-order chi connectivity index (χ1) is 13.6. The average molecular weight is 383 g/mol. The molecule has 0 spiro atoms. The number of piperidine rings is 1. The van der Waals surface area contributed by atoms with Gasteiger partial charge < -0.3 is 10.1 Å². The van der Waals surface area contributed by atoms with E-state index in [1.165, 1.54) is 62.2 Å². The molecule has 1 aliphatic heterocycles. The van der Waals surface area contributed by atoms with Crippen LogP contribution < -0.4 is 10.1 Å². The van der Waals surface area contributed by atoms with E-state index in [4.69, 9.17) is 4.74 Å². The highest BCUT2D eigenvalue weighted by Gasteiger charge is 2.10. The summed E-state index contributed by atoms with van der Waals surface area (Å²) in [5.41, 5.74) is 2.31. The summed E-state index contributed by atoms with van der Waals surface area (Å²) in [5, 5.41) is 13.4. The second kappa shape index (κ2) is 9.85. The maximum atomic E-state index is 11.9. The highest BCUT2D eigenvalue weighted by Crippen LogP contribution is 2.17. The van der Waals surface area contributed by atoms with Gasteiger partial charge >= 0.3 is 0 Å². The minimum absolute atomic E-state index is 0.0134. The predicted molar refractivity (Wildman–Crippen MR) is 106 cm³/mol. The summed E-state index contributed by atoms with van der Waals surface area (Å²) in [6.07, 6.45) is 3.90. The topological polar surface area (TPSA) is 84.7 Å². The molecule has 1 N–H and O–H groups in total. The lowest BCUT2D eigenvalue weighted by Gasteiger charge is -2.26. The first kappa shape index (κ1) is 19.8. The summed E-state index contributed by atoms with van der Waals surface area (Å²) in [6.45, 7) is 3.63. The van der Waals surface area contributed by atoms with Crippen LogP contribution in [0, 0.1) is 10.1 Å². The molecule has 0 saturated carbocycles. The van der Waals surface area contributed by atoms with Crippen LogP contribution in [0.5, 0.6) is 5.75 Å². The van der Waals surface area contributed by atoms with Crippen molar-refractivity contribution in [2.24, 2.45) is 0 Å². The van der Waals surface area contributed by atoms with Crippen LogP contribution in [0.25, 0.3) is 0 Å². The van der Waals surface area contributed by atoms with E-state index in [-0.39, 0.29) is 18.2 Å². The molecule has 1 amide bonds. The van der Waals surface area contributed by atoms with E-state index in [0.717, 1.165) is 12.1 Å². The van der Waals surface area contributed by atoms with E-state index in [2.05, 4.69) is 22.3 Å². The zero-order valence-corrected chi connectivity index (χ0v) is 15.8. The Hall–Kier alpha value is -2.93. The van der Waals surface area contributed by atoms with Crippen molar-refractivity contribution in [3.05, 3.63) is 69.8 Å². The van der Waals surface area contributed by atoms with E-state index >= 15 is 0 Å². The first-order valence-electron chi connectivity index (χ1n) is 9.54. The van der Waals surface area contributed by atoms with Crippen LogP contribution in [-0.4, -0.2) is 35.4 Å². The number of ether oxygens (including phenoxy) is 1. The number of nitrogens with one attached hydrogen (secondary N) is 1. The molecule has 0 unspecified atom stereocenters. The summed E-state index contributed by atoms with van der Waals surface area (Å²) in [7, 11) is 0. The van der Waals surface area contributed by atoms with Crippen molar-refractivity contribution in [2.75, 3.05) is 19.7 Å². The molecule has 1 heterocycles. The Morgan fingerprint density at radius 2 is 1.64 bits per heavy atom. The van der Waals surface area contributed by atoms with Gasteiger partial charge in [0.05, 0.1) is 4.92 Å². The number of amides is 1.